The summed E-state index contributed by atoms with van der Waals surface area (Å²) in [5.41, 5.74) is 0.898. The van der Waals surface area contributed by atoms with Gasteiger partial charge in [0, 0.05) is 25.6 Å². The van der Waals surface area contributed by atoms with Crippen LogP contribution in [-0.2, 0) is 26.1 Å². The van der Waals surface area contributed by atoms with Crippen molar-refractivity contribution in [1.29, 1.82) is 0 Å². The Morgan fingerprint density at radius 1 is 1.17 bits per heavy atom. The first-order valence-corrected chi connectivity index (χ1v) is 8.87. The Hall–Kier alpha value is -2.02. The van der Waals surface area contributed by atoms with E-state index in [-0.39, 0.29) is 5.56 Å². The SMILES string of the molecule is Cc1ccc(=O)n(CC2CCN(Cc3nnc4n3CCC4)CC2)n1. The monoisotopic (exact) mass is 328 g/mol. The van der Waals surface area contributed by atoms with Crippen LogP contribution in [0.25, 0.3) is 0 Å². The van der Waals surface area contributed by atoms with Crippen LogP contribution >= 0.6 is 0 Å². The number of likely N-dealkylation sites (tertiary alicyclic amines) is 1. The zero-order chi connectivity index (χ0) is 16.5. The van der Waals surface area contributed by atoms with Gasteiger partial charge in [-0.25, -0.2) is 4.68 Å². The van der Waals surface area contributed by atoms with E-state index < -0.39 is 0 Å². The molecule has 0 amide bonds. The molecule has 7 nitrogen and oxygen atoms in total. The second-order valence-corrected chi connectivity index (χ2v) is 7.00. The molecule has 7 heteroatoms. The minimum absolute atomic E-state index is 0.00190. The Bertz CT molecular complexity index is 772. The highest BCUT2D eigenvalue weighted by molar-refractivity contribution is 5.01. The van der Waals surface area contributed by atoms with Gasteiger partial charge >= 0.3 is 0 Å². The van der Waals surface area contributed by atoms with Gasteiger partial charge in [0.25, 0.3) is 5.56 Å². The van der Waals surface area contributed by atoms with Gasteiger partial charge in [0.15, 0.2) is 0 Å². The van der Waals surface area contributed by atoms with Crippen LogP contribution in [0.4, 0.5) is 0 Å². The van der Waals surface area contributed by atoms with E-state index in [0.29, 0.717) is 5.92 Å². The molecular weight excluding hydrogens is 304 g/mol. The van der Waals surface area contributed by atoms with Crippen molar-refractivity contribution in [2.45, 2.75) is 52.2 Å². The summed E-state index contributed by atoms with van der Waals surface area (Å²) in [6.45, 7) is 6.71. The summed E-state index contributed by atoms with van der Waals surface area (Å²) < 4.78 is 3.91. The van der Waals surface area contributed by atoms with Crippen molar-refractivity contribution >= 4 is 0 Å². The molecule has 0 aromatic carbocycles. The summed E-state index contributed by atoms with van der Waals surface area (Å²) in [4.78, 5) is 14.4. The minimum atomic E-state index is 0.00190. The van der Waals surface area contributed by atoms with E-state index in [9.17, 15) is 4.79 Å². The van der Waals surface area contributed by atoms with Gasteiger partial charge in [-0.15, -0.1) is 10.2 Å². The molecule has 2 aromatic heterocycles. The maximum Gasteiger partial charge on any atom is 0.266 e. The van der Waals surface area contributed by atoms with Gasteiger partial charge in [0.1, 0.15) is 11.6 Å². The molecular formula is C17H24N6O. The molecule has 1 saturated heterocycles. The number of aromatic nitrogens is 5. The third kappa shape index (κ3) is 3.13. The largest absolute Gasteiger partial charge is 0.314 e. The molecule has 0 unspecified atom stereocenters. The van der Waals surface area contributed by atoms with Crippen LogP contribution in [-0.4, -0.2) is 42.5 Å². The molecule has 0 saturated carbocycles. The highest BCUT2D eigenvalue weighted by Crippen LogP contribution is 2.21. The topological polar surface area (TPSA) is 68.8 Å². The Morgan fingerprint density at radius 2 is 2.00 bits per heavy atom. The normalized spacial score (nSPS) is 18.9. The van der Waals surface area contributed by atoms with Gasteiger partial charge in [-0.3, -0.25) is 9.69 Å². The number of nitrogens with zero attached hydrogens (tertiary/aromatic N) is 6. The number of rotatable bonds is 4. The molecule has 4 heterocycles. The van der Waals surface area contributed by atoms with Crippen molar-refractivity contribution < 1.29 is 0 Å². The van der Waals surface area contributed by atoms with Gasteiger partial charge in [-0.05, 0) is 51.3 Å². The highest BCUT2D eigenvalue weighted by atomic mass is 16.1. The van der Waals surface area contributed by atoms with Crippen LogP contribution < -0.4 is 5.56 Å². The van der Waals surface area contributed by atoms with Crippen molar-refractivity contribution in [1.82, 2.24) is 29.4 Å². The minimum Gasteiger partial charge on any atom is -0.314 e. The van der Waals surface area contributed by atoms with Crippen LogP contribution in [0.1, 0.15) is 36.6 Å². The van der Waals surface area contributed by atoms with Crippen LogP contribution in [0.2, 0.25) is 0 Å². The number of aryl methyl sites for hydroxylation is 2. The molecule has 2 aliphatic heterocycles. The zero-order valence-corrected chi connectivity index (χ0v) is 14.2. The lowest BCUT2D eigenvalue weighted by Crippen LogP contribution is -2.37. The molecule has 128 valence electrons. The van der Waals surface area contributed by atoms with Crippen molar-refractivity contribution in [3.05, 3.63) is 39.8 Å². The molecule has 0 atom stereocenters. The van der Waals surface area contributed by atoms with Gasteiger partial charge in [-0.2, -0.15) is 5.10 Å². The van der Waals surface area contributed by atoms with E-state index in [4.69, 9.17) is 0 Å². The van der Waals surface area contributed by atoms with Crippen LogP contribution in [0, 0.1) is 12.8 Å². The van der Waals surface area contributed by atoms with Gasteiger partial charge in [-0.1, -0.05) is 0 Å². The summed E-state index contributed by atoms with van der Waals surface area (Å²) >= 11 is 0. The average molecular weight is 328 g/mol. The first-order valence-electron chi connectivity index (χ1n) is 8.87. The number of hydrogen-bond donors (Lipinski definition) is 0. The van der Waals surface area contributed by atoms with Crippen LogP contribution in [0.15, 0.2) is 16.9 Å². The Balaban J connectivity index is 1.33. The number of piperidine rings is 1. The lowest BCUT2D eigenvalue weighted by Gasteiger charge is -2.31. The summed E-state index contributed by atoms with van der Waals surface area (Å²) in [6, 6.07) is 3.39. The molecule has 0 N–H and O–H groups in total. The fraction of sp³-hybridized carbons (Fsp3) is 0.647. The Labute approximate surface area is 141 Å². The second kappa shape index (κ2) is 6.47. The van der Waals surface area contributed by atoms with Gasteiger partial charge in [0.2, 0.25) is 0 Å². The molecule has 1 fully saturated rings. The number of hydrogen-bond acceptors (Lipinski definition) is 5. The zero-order valence-electron chi connectivity index (χ0n) is 14.2. The Morgan fingerprint density at radius 3 is 2.83 bits per heavy atom. The Kier molecular flexibility index (Phi) is 4.18. The fourth-order valence-corrected chi connectivity index (χ4v) is 3.78. The lowest BCUT2D eigenvalue weighted by molar-refractivity contribution is 0.158. The molecule has 4 rings (SSSR count). The molecule has 2 aliphatic rings. The first kappa shape index (κ1) is 15.5. The van der Waals surface area contributed by atoms with E-state index in [1.54, 1.807) is 16.8 Å². The standard InChI is InChI=1S/C17H24N6O/c1-13-4-5-17(24)23(20-13)11-14-6-9-21(10-7-14)12-16-19-18-15-3-2-8-22(15)16/h4-5,14H,2-3,6-12H2,1H3. The number of fused-ring (bicyclic) bond motifs is 1. The second-order valence-electron chi connectivity index (χ2n) is 7.00. The third-order valence-electron chi connectivity index (χ3n) is 5.19. The first-order chi connectivity index (χ1) is 11.7. The molecule has 0 spiro atoms. The molecule has 0 radical (unpaired) electrons. The van der Waals surface area contributed by atoms with E-state index in [1.165, 1.54) is 6.42 Å². The van der Waals surface area contributed by atoms with E-state index >= 15 is 0 Å². The highest BCUT2D eigenvalue weighted by Gasteiger charge is 2.23. The molecule has 0 aliphatic carbocycles. The lowest BCUT2D eigenvalue weighted by atomic mass is 9.97. The average Bonchev–Trinajstić information content (AvgIpc) is 3.18. The maximum atomic E-state index is 11.9. The summed E-state index contributed by atoms with van der Waals surface area (Å²) in [5, 5.41) is 13.0. The molecule has 2 aromatic rings. The van der Waals surface area contributed by atoms with Crippen LogP contribution in [0.5, 0.6) is 0 Å². The smallest absolute Gasteiger partial charge is 0.266 e. The predicted octanol–water partition coefficient (Wildman–Crippen LogP) is 1.00. The van der Waals surface area contributed by atoms with Crippen molar-refractivity contribution in [3.63, 3.8) is 0 Å². The predicted molar refractivity (Wildman–Crippen MR) is 89.6 cm³/mol. The van der Waals surface area contributed by atoms with E-state index in [0.717, 1.165) is 69.3 Å². The van der Waals surface area contributed by atoms with Crippen molar-refractivity contribution in [2.24, 2.45) is 5.92 Å². The summed E-state index contributed by atoms with van der Waals surface area (Å²) in [5.74, 6) is 2.78. The van der Waals surface area contributed by atoms with Gasteiger partial charge in [0.05, 0.1) is 12.2 Å². The van der Waals surface area contributed by atoms with Crippen LogP contribution in [0.3, 0.4) is 0 Å². The third-order valence-corrected chi connectivity index (χ3v) is 5.19. The summed E-state index contributed by atoms with van der Waals surface area (Å²) in [6.07, 6.45) is 4.46. The molecule has 24 heavy (non-hydrogen) atoms. The van der Waals surface area contributed by atoms with Crippen molar-refractivity contribution in [2.75, 3.05) is 13.1 Å². The van der Waals surface area contributed by atoms with Gasteiger partial charge < -0.3 is 4.57 Å². The van der Waals surface area contributed by atoms with Crippen molar-refractivity contribution in [3.8, 4) is 0 Å². The fourth-order valence-electron chi connectivity index (χ4n) is 3.78. The van der Waals surface area contributed by atoms with E-state index in [2.05, 4.69) is 24.8 Å². The molecule has 0 bridgehead atoms. The quantitative estimate of drug-likeness (QED) is 0.837. The van der Waals surface area contributed by atoms with E-state index in [1.807, 2.05) is 6.92 Å². The summed E-state index contributed by atoms with van der Waals surface area (Å²) in [7, 11) is 0. The maximum absolute atomic E-state index is 11.9.